The molecule has 2 atom stereocenters. The van der Waals surface area contributed by atoms with Gasteiger partial charge in [0.1, 0.15) is 0 Å². The van der Waals surface area contributed by atoms with Gasteiger partial charge in [-0.05, 0) is 56.0 Å². The molecule has 1 aromatic carbocycles. The zero-order valence-corrected chi connectivity index (χ0v) is 13.8. The van der Waals surface area contributed by atoms with E-state index in [0.29, 0.717) is 12.0 Å². The van der Waals surface area contributed by atoms with Crippen molar-refractivity contribution in [1.29, 1.82) is 0 Å². The van der Waals surface area contributed by atoms with E-state index in [0.717, 1.165) is 17.8 Å². The SMILES string of the molecule is CCCNC(c1ccc2nc(C)ccc2c1)C(C)CCC. The molecule has 0 aliphatic carbocycles. The first-order valence-electron chi connectivity index (χ1n) is 8.26. The monoisotopic (exact) mass is 284 g/mol. The number of aryl methyl sites for hydroxylation is 1. The molecule has 2 rings (SSSR count). The number of benzene rings is 1. The number of hydrogen-bond donors (Lipinski definition) is 1. The quantitative estimate of drug-likeness (QED) is 0.772. The number of nitrogens with one attached hydrogen (secondary N) is 1. The topological polar surface area (TPSA) is 24.9 Å². The van der Waals surface area contributed by atoms with Crippen LogP contribution in [0.1, 0.15) is 57.3 Å². The first-order chi connectivity index (χ1) is 10.2. The van der Waals surface area contributed by atoms with E-state index < -0.39 is 0 Å². The largest absolute Gasteiger partial charge is 0.310 e. The molecule has 21 heavy (non-hydrogen) atoms. The third kappa shape index (κ3) is 4.04. The maximum absolute atomic E-state index is 4.60. The minimum atomic E-state index is 0.440. The van der Waals surface area contributed by atoms with E-state index in [-0.39, 0.29) is 0 Å². The van der Waals surface area contributed by atoms with Gasteiger partial charge in [-0.3, -0.25) is 4.98 Å². The van der Waals surface area contributed by atoms with Crippen LogP contribution in [0.2, 0.25) is 0 Å². The van der Waals surface area contributed by atoms with Crippen LogP contribution in [-0.2, 0) is 0 Å². The highest BCUT2D eigenvalue weighted by molar-refractivity contribution is 5.79. The Morgan fingerprint density at radius 2 is 1.90 bits per heavy atom. The maximum atomic E-state index is 4.60. The Morgan fingerprint density at radius 3 is 2.62 bits per heavy atom. The number of hydrogen-bond acceptors (Lipinski definition) is 2. The zero-order valence-electron chi connectivity index (χ0n) is 13.8. The van der Waals surface area contributed by atoms with Crippen LogP contribution in [-0.4, -0.2) is 11.5 Å². The molecule has 0 spiro atoms. The molecule has 0 saturated carbocycles. The molecule has 0 saturated heterocycles. The lowest BCUT2D eigenvalue weighted by Crippen LogP contribution is -2.27. The molecule has 2 nitrogen and oxygen atoms in total. The Labute approximate surface area is 129 Å². The molecule has 1 N–H and O–H groups in total. The predicted octanol–water partition coefficient (Wildman–Crippen LogP) is 5.02. The van der Waals surface area contributed by atoms with Crippen LogP contribution in [0.4, 0.5) is 0 Å². The summed E-state index contributed by atoms with van der Waals surface area (Å²) < 4.78 is 0. The van der Waals surface area contributed by atoms with Crippen molar-refractivity contribution in [1.82, 2.24) is 10.3 Å². The normalized spacial score (nSPS) is 14.3. The smallest absolute Gasteiger partial charge is 0.0705 e. The van der Waals surface area contributed by atoms with Crippen molar-refractivity contribution < 1.29 is 0 Å². The molecule has 0 bridgehead atoms. The van der Waals surface area contributed by atoms with Crippen molar-refractivity contribution in [3.8, 4) is 0 Å². The second-order valence-corrected chi connectivity index (χ2v) is 6.10. The molecule has 0 fully saturated rings. The molecule has 2 aromatic rings. The Morgan fingerprint density at radius 1 is 1.10 bits per heavy atom. The van der Waals surface area contributed by atoms with Crippen molar-refractivity contribution in [2.45, 2.75) is 53.0 Å². The highest BCUT2D eigenvalue weighted by Crippen LogP contribution is 2.28. The lowest BCUT2D eigenvalue weighted by atomic mass is 9.90. The minimum absolute atomic E-state index is 0.440. The van der Waals surface area contributed by atoms with Crippen LogP contribution < -0.4 is 5.32 Å². The Balaban J connectivity index is 2.31. The van der Waals surface area contributed by atoms with Crippen molar-refractivity contribution in [3.05, 3.63) is 41.6 Å². The Hall–Kier alpha value is -1.41. The number of rotatable bonds is 7. The summed E-state index contributed by atoms with van der Waals surface area (Å²) >= 11 is 0. The fourth-order valence-corrected chi connectivity index (χ4v) is 3.01. The molecular formula is C19H28N2. The van der Waals surface area contributed by atoms with Crippen LogP contribution in [0.5, 0.6) is 0 Å². The molecule has 0 aliphatic heterocycles. The summed E-state index contributed by atoms with van der Waals surface area (Å²) in [4.78, 5) is 4.60. The Bertz CT molecular complexity index is 577. The van der Waals surface area contributed by atoms with Gasteiger partial charge < -0.3 is 5.32 Å². The van der Waals surface area contributed by atoms with Gasteiger partial charge >= 0.3 is 0 Å². The van der Waals surface area contributed by atoms with Gasteiger partial charge in [0.05, 0.1) is 5.52 Å². The third-order valence-corrected chi connectivity index (χ3v) is 4.14. The van der Waals surface area contributed by atoms with E-state index in [9.17, 15) is 0 Å². The predicted molar refractivity (Wildman–Crippen MR) is 91.6 cm³/mol. The molecule has 0 amide bonds. The van der Waals surface area contributed by atoms with Crippen molar-refractivity contribution in [2.24, 2.45) is 5.92 Å². The lowest BCUT2D eigenvalue weighted by molar-refractivity contribution is 0.363. The van der Waals surface area contributed by atoms with Gasteiger partial charge in [0.2, 0.25) is 0 Å². The van der Waals surface area contributed by atoms with Crippen LogP contribution in [0.3, 0.4) is 0 Å². The number of fused-ring (bicyclic) bond motifs is 1. The third-order valence-electron chi connectivity index (χ3n) is 4.14. The molecule has 114 valence electrons. The fraction of sp³-hybridized carbons (Fsp3) is 0.526. The van der Waals surface area contributed by atoms with Crippen LogP contribution in [0, 0.1) is 12.8 Å². The van der Waals surface area contributed by atoms with Crippen molar-refractivity contribution in [3.63, 3.8) is 0 Å². The van der Waals surface area contributed by atoms with Crippen LogP contribution >= 0.6 is 0 Å². The van der Waals surface area contributed by atoms with E-state index in [1.807, 2.05) is 6.92 Å². The number of nitrogens with zero attached hydrogens (tertiary/aromatic N) is 1. The second-order valence-electron chi connectivity index (χ2n) is 6.10. The summed E-state index contributed by atoms with van der Waals surface area (Å²) in [6, 6.07) is 11.4. The summed E-state index contributed by atoms with van der Waals surface area (Å²) in [6.45, 7) is 9.96. The first-order valence-corrected chi connectivity index (χ1v) is 8.26. The van der Waals surface area contributed by atoms with Crippen molar-refractivity contribution in [2.75, 3.05) is 6.54 Å². The number of aromatic nitrogens is 1. The summed E-state index contributed by atoms with van der Waals surface area (Å²) in [7, 11) is 0. The average Bonchev–Trinajstić information content (AvgIpc) is 2.48. The molecule has 1 heterocycles. The van der Waals surface area contributed by atoms with Gasteiger partial charge in [-0.25, -0.2) is 0 Å². The summed E-state index contributed by atoms with van der Waals surface area (Å²) in [5.74, 6) is 0.650. The van der Waals surface area contributed by atoms with E-state index in [2.05, 4.69) is 61.4 Å². The number of pyridine rings is 1. The molecule has 2 unspecified atom stereocenters. The molecule has 2 heteroatoms. The van der Waals surface area contributed by atoms with E-state index in [1.54, 1.807) is 0 Å². The molecule has 0 radical (unpaired) electrons. The van der Waals surface area contributed by atoms with Gasteiger partial charge in [-0.2, -0.15) is 0 Å². The van der Waals surface area contributed by atoms with E-state index in [4.69, 9.17) is 0 Å². The Kier molecular flexibility index (Phi) is 5.75. The highest BCUT2D eigenvalue weighted by atomic mass is 14.9. The second kappa shape index (κ2) is 7.56. The van der Waals surface area contributed by atoms with Crippen LogP contribution in [0.25, 0.3) is 10.9 Å². The minimum Gasteiger partial charge on any atom is -0.310 e. The van der Waals surface area contributed by atoms with Gasteiger partial charge in [-0.15, -0.1) is 0 Å². The summed E-state index contributed by atoms with van der Waals surface area (Å²) in [6.07, 6.45) is 3.66. The van der Waals surface area contributed by atoms with E-state index in [1.165, 1.54) is 30.2 Å². The lowest BCUT2D eigenvalue weighted by Gasteiger charge is -2.26. The standard InChI is InChI=1S/C19H28N2/c1-5-7-14(3)19(20-12-6-2)17-10-11-18-16(13-17)9-8-15(4)21-18/h8-11,13-14,19-20H,5-7,12H2,1-4H3. The molecule has 0 aliphatic rings. The summed E-state index contributed by atoms with van der Waals surface area (Å²) in [5, 5.41) is 4.97. The van der Waals surface area contributed by atoms with Gasteiger partial charge in [0, 0.05) is 17.1 Å². The van der Waals surface area contributed by atoms with E-state index >= 15 is 0 Å². The molecule has 1 aromatic heterocycles. The van der Waals surface area contributed by atoms with Gasteiger partial charge in [-0.1, -0.05) is 39.3 Å². The fourth-order valence-electron chi connectivity index (χ4n) is 3.01. The molecular weight excluding hydrogens is 256 g/mol. The van der Waals surface area contributed by atoms with Gasteiger partial charge in [0.15, 0.2) is 0 Å². The van der Waals surface area contributed by atoms with Crippen LogP contribution in [0.15, 0.2) is 30.3 Å². The first kappa shape index (κ1) is 16.0. The average molecular weight is 284 g/mol. The maximum Gasteiger partial charge on any atom is 0.0705 e. The zero-order chi connectivity index (χ0) is 15.2. The summed E-state index contributed by atoms with van der Waals surface area (Å²) in [5.41, 5.74) is 3.56. The van der Waals surface area contributed by atoms with Crippen molar-refractivity contribution >= 4 is 10.9 Å². The van der Waals surface area contributed by atoms with Gasteiger partial charge in [0.25, 0.3) is 0 Å². The highest BCUT2D eigenvalue weighted by Gasteiger charge is 2.18.